The largest absolute Gasteiger partial charge is 0.480 e. The molecule has 1 atom stereocenters. The van der Waals surface area contributed by atoms with Crippen LogP contribution in [0.3, 0.4) is 0 Å². The van der Waals surface area contributed by atoms with Crippen molar-refractivity contribution in [3.63, 3.8) is 0 Å². The first kappa shape index (κ1) is 28.5. The Hall–Kier alpha value is -3.51. The Labute approximate surface area is 224 Å². The molecule has 0 saturated carbocycles. The molecule has 3 heterocycles. The van der Waals surface area contributed by atoms with Crippen LogP contribution in [0.5, 0.6) is 0 Å². The van der Waals surface area contributed by atoms with E-state index in [1.807, 2.05) is 38.7 Å². The SMILES string of the molecule is Cc1cc(Nc2nccc(C(F)(F)F)n2)cc(-c2cnn(CC3(O)CCN(C(C(=O)O)C(C)(C)C)CC3)c2)c1. The van der Waals surface area contributed by atoms with Crippen molar-refractivity contribution in [1.82, 2.24) is 24.6 Å². The van der Waals surface area contributed by atoms with E-state index >= 15 is 0 Å². The van der Waals surface area contributed by atoms with E-state index in [9.17, 15) is 28.2 Å². The molecule has 0 aliphatic carbocycles. The molecule has 12 heteroatoms. The predicted octanol–water partition coefficient (Wildman–Crippen LogP) is 4.74. The van der Waals surface area contributed by atoms with Crippen molar-refractivity contribution in [2.24, 2.45) is 5.41 Å². The van der Waals surface area contributed by atoms with Gasteiger partial charge >= 0.3 is 12.1 Å². The van der Waals surface area contributed by atoms with Crippen LogP contribution < -0.4 is 5.32 Å². The van der Waals surface area contributed by atoms with Gasteiger partial charge in [-0.25, -0.2) is 9.97 Å². The number of hydrogen-bond acceptors (Lipinski definition) is 7. The van der Waals surface area contributed by atoms with Crippen LogP contribution in [0.15, 0.2) is 42.9 Å². The third-order valence-corrected chi connectivity index (χ3v) is 6.85. The van der Waals surface area contributed by atoms with Crippen LogP contribution in [-0.4, -0.2) is 65.6 Å². The number of alkyl halides is 3. The molecule has 2 aromatic heterocycles. The number of aliphatic carboxylic acids is 1. The number of aromatic nitrogens is 4. The fraction of sp³-hybridized carbons (Fsp3) is 0.481. The molecule has 0 amide bonds. The highest BCUT2D eigenvalue weighted by Crippen LogP contribution is 2.33. The van der Waals surface area contributed by atoms with Crippen molar-refractivity contribution in [3.05, 3.63) is 54.1 Å². The molecule has 0 spiro atoms. The van der Waals surface area contributed by atoms with Gasteiger partial charge in [0.15, 0.2) is 0 Å². The van der Waals surface area contributed by atoms with Gasteiger partial charge in [-0.3, -0.25) is 14.4 Å². The van der Waals surface area contributed by atoms with E-state index in [2.05, 4.69) is 20.4 Å². The van der Waals surface area contributed by atoms with Gasteiger partial charge in [0.25, 0.3) is 0 Å². The van der Waals surface area contributed by atoms with Gasteiger partial charge in [0.1, 0.15) is 11.7 Å². The number of carboxylic acid groups (broad SMARTS) is 1. The average molecular weight is 547 g/mol. The molecule has 210 valence electrons. The van der Waals surface area contributed by atoms with Crippen LogP contribution in [0.1, 0.15) is 44.9 Å². The lowest BCUT2D eigenvalue weighted by Gasteiger charge is -2.44. The molecule has 9 nitrogen and oxygen atoms in total. The Morgan fingerprint density at radius 2 is 1.85 bits per heavy atom. The third kappa shape index (κ3) is 6.93. The second-order valence-corrected chi connectivity index (χ2v) is 11.3. The summed E-state index contributed by atoms with van der Waals surface area (Å²) >= 11 is 0. The number of aryl methyl sites for hydroxylation is 1. The number of hydrogen-bond donors (Lipinski definition) is 3. The van der Waals surface area contributed by atoms with Crippen LogP contribution in [-0.2, 0) is 17.5 Å². The van der Waals surface area contributed by atoms with Crippen LogP contribution >= 0.6 is 0 Å². The van der Waals surface area contributed by atoms with Crippen molar-refractivity contribution < 1.29 is 28.2 Å². The topological polar surface area (TPSA) is 116 Å². The quantitative estimate of drug-likeness (QED) is 0.389. The molecule has 1 aliphatic rings. The lowest BCUT2D eigenvalue weighted by atomic mass is 9.82. The monoisotopic (exact) mass is 546 g/mol. The van der Waals surface area contributed by atoms with Crippen molar-refractivity contribution in [1.29, 1.82) is 0 Å². The van der Waals surface area contributed by atoms with E-state index in [1.165, 1.54) is 0 Å². The summed E-state index contributed by atoms with van der Waals surface area (Å²) in [5.41, 5.74) is 0.448. The molecule has 39 heavy (non-hydrogen) atoms. The summed E-state index contributed by atoms with van der Waals surface area (Å²) in [6.07, 6.45) is 0.780. The zero-order valence-electron chi connectivity index (χ0n) is 22.3. The number of nitrogens with one attached hydrogen (secondary N) is 1. The molecule has 1 aliphatic heterocycles. The standard InChI is InChI=1S/C27H33F3N6O3/c1-17-11-18(13-20(12-17)33-24-31-8-5-21(34-24)27(28,29)30)19-14-32-36(15-19)16-26(39)6-9-35(10-7-26)22(23(37)38)25(2,3)4/h5,8,11-15,22,39H,6-7,9-10,16H2,1-4H3,(H,37,38)(H,31,33,34). The molecular formula is C27H33F3N6O3. The summed E-state index contributed by atoms with van der Waals surface area (Å²) in [5.74, 6) is -1.03. The number of halogens is 3. The summed E-state index contributed by atoms with van der Waals surface area (Å²) in [6, 6.07) is 5.64. The fourth-order valence-corrected chi connectivity index (χ4v) is 5.06. The number of likely N-dealkylation sites (tertiary alicyclic amines) is 1. The van der Waals surface area contributed by atoms with E-state index in [0.29, 0.717) is 31.6 Å². The molecule has 4 rings (SSSR count). The van der Waals surface area contributed by atoms with Crippen molar-refractivity contribution in [2.45, 2.75) is 64.9 Å². The third-order valence-electron chi connectivity index (χ3n) is 6.85. The summed E-state index contributed by atoms with van der Waals surface area (Å²) in [6.45, 7) is 8.74. The van der Waals surface area contributed by atoms with Gasteiger partial charge in [-0.15, -0.1) is 0 Å². The summed E-state index contributed by atoms with van der Waals surface area (Å²) in [7, 11) is 0. The second kappa shape index (κ2) is 10.6. The van der Waals surface area contributed by atoms with Gasteiger partial charge in [-0.1, -0.05) is 26.8 Å². The van der Waals surface area contributed by atoms with E-state index in [1.54, 1.807) is 29.2 Å². The number of carboxylic acids is 1. The van der Waals surface area contributed by atoms with Crippen molar-refractivity contribution >= 4 is 17.6 Å². The number of benzene rings is 1. The van der Waals surface area contributed by atoms with Crippen LogP contribution in [0.25, 0.3) is 11.1 Å². The minimum absolute atomic E-state index is 0.165. The highest BCUT2D eigenvalue weighted by molar-refractivity contribution is 5.74. The molecule has 1 unspecified atom stereocenters. The summed E-state index contributed by atoms with van der Waals surface area (Å²) in [5, 5.41) is 28.2. The lowest BCUT2D eigenvalue weighted by molar-refractivity contribution is -0.150. The van der Waals surface area contributed by atoms with Gasteiger partial charge < -0.3 is 15.5 Å². The zero-order valence-corrected chi connectivity index (χ0v) is 22.3. The number of anilines is 2. The predicted molar refractivity (Wildman–Crippen MR) is 139 cm³/mol. The highest BCUT2D eigenvalue weighted by atomic mass is 19.4. The van der Waals surface area contributed by atoms with E-state index < -0.39 is 34.9 Å². The minimum atomic E-state index is -4.57. The maximum atomic E-state index is 13.0. The minimum Gasteiger partial charge on any atom is -0.480 e. The molecule has 1 saturated heterocycles. The Bertz CT molecular complexity index is 1330. The number of piperidine rings is 1. The van der Waals surface area contributed by atoms with E-state index in [-0.39, 0.29) is 12.5 Å². The molecule has 3 N–H and O–H groups in total. The van der Waals surface area contributed by atoms with Gasteiger partial charge in [0.2, 0.25) is 5.95 Å². The number of rotatable bonds is 7. The first-order valence-corrected chi connectivity index (χ1v) is 12.6. The Morgan fingerprint density at radius 3 is 2.46 bits per heavy atom. The first-order chi connectivity index (χ1) is 18.1. The maximum Gasteiger partial charge on any atom is 0.433 e. The molecular weight excluding hydrogens is 513 g/mol. The van der Waals surface area contributed by atoms with E-state index in [4.69, 9.17) is 0 Å². The van der Waals surface area contributed by atoms with Gasteiger partial charge in [-0.2, -0.15) is 18.3 Å². The smallest absolute Gasteiger partial charge is 0.433 e. The summed E-state index contributed by atoms with van der Waals surface area (Å²) < 4.78 is 40.7. The molecule has 0 bridgehead atoms. The average Bonchev–Trinajstić information content (AvgIpc) is 3.27. The molecule has 0 radical (unpaired) electrons. The Morgan fingerprint density at radius 1 is 1.15 bits per heavy atom. The van der Waals surface area contributed by atoms with Gasteiger partial charge in [-0.05, 0) is 54.5 Å². The summed E-state index contributed by atoms with van der Waals surface area (Å²) in [4.78, 5) is 21.2. The Balaban J connectivity index is 1.45. The Kier molecular flexibility index (Phi) is 7.72. The van der Waals surface area contributed by atoms with Crippen molar-refractivity contribution in [3.8, 4) is 11.1 Å². The number of carbonyl (C=O) groups is 1. The molecule has 1 fully saturated rings. The molecule has 3 aromatic rings. The van der Waals surface area contributed by atoms with Crippen LogP contribution in [0.2, 0.25) is 0 Å². The van der Waals surface area contributed by atoms with Crippen LogP contribution in [0.4, 0.5) is 24.8 Å². The van der Waals surface area contributed by atoms with Gasteiger partial charge in [0.05, 0.1) is 18.3 Å². The lowest BCUT2D eigenvalue weighted by Crippen LogP contribution is -2.56. The molecule has 1 aromatic carbocycles. The fourth-order valence-electron chi connectivity index (χ4n) is 5.06. The van der Waals surface area contributed by atoms with Crippen LogP contribution in [0, 0.1) is 12.3 Å². The zero-order chi connectivity index (χ0) is 28.6. The maximum absolute atomic E-state index is 13.0. The number of aliphatic hydroxyl groups is 1. The normalized spacial score (nSPS) is 17.1. The second-order valence-electron chi connectivity index (χ2n) is 11.3. The van der Waals surface area contributed by atoms with E-state index in [0.717, 1.165) is 29.0 Å². The van der Waals surface area contributed by atoms with Crippen molar-refractivity contribution in [2.75, 3.05) is 18.4 Å². The number of nitrogens with zero attached hydrogens (tertiary/aromatic N) is 5. The first-order valence-electron chi connectivity index (χ1n) is 12.6. The van der Waals surface area contributed by atoms with Gasteiger partial charge in [0, 0.05) is 36.7 Å². The highest BCUT2D eigenvalue weighted by Gasteiger charge is 2.41.